The third-order valence-electron chi connectivity index (χ3n) is 4.96. The lowest BCUT2D eigenvalue weighted by Crippen LogP contribution is -2.15. The number of hydrogen-bond acceptors (Lipinski definition) is 2. The Balaban J connectivity index is 1.71. The zero-order valence-corrected chi connectivity index (χ0v) is 13.2. The van der Waals surface area contributed by atoms with E-state index >= 15 is 0 Å². The van der Waals surface area contributed by atoms with Crippen LogP contribution in [0.2, 0.25) is 0 Å². The quantitative estimate of drug-likeness (QED) is 0.857. The molecular weight excluding hydrogens is 268 g/mol. The van der Waals surface area contributed by atoms with Gasteiger partial charge in [-0.1, -0.05) is 37.3 Å². The van der Waals surface area contributed by atoms with Gasteiger partial charge in [-0.05, 0) is 54.0 Å². The first kappa shape index (κ1) is 13.7. The first-order valence-electron chi connectivity index (χ1n) is 8.40. The zero-order chi connectivity index (χ0) is 14.9. The van der Waals surface area contributed by atoms with Gasteiger partial charge in [0.25, 0.3) is 0 Å². The van der Waals surface area contributed by atoms with Crippen LogP contribution in [0.4, 0.5) is 11.4 Å². The molecule has 0 saturated heterocycles. The first-order valence-corrected chi connectivity index (χ1v) is 8.40. The third kappa shape index (κ3) is 2.37. The van der Waals surface area contributed by atoms with Gasteiger partial charge in [0.2, 0.25) is 0 Å². The molecule has 2 heteroatoms. The van der Waals surface area contributed by atoms with Gasteiger partial charge in [-0.25, -0.2) is 0 Å². The Bertz CT molecular complexity index is 690. The summed E-state index contributed by atoms with van der Waals surface area (Å²) in [4.78, 5) is 0. The van der Waals surface area contributed by atoms with Gasteiger partial charge < -0.3 is 10.6 Å². The normalized spacial score (nSPS) is 16.5. The summed E-state index contributed by atoms with van der Waals surface area (Å²) in [6.07, 6.45) is 4.86. The molecule has 2 N–H and O–H groups in total. The maximum absolute atomic E-state index is 3.61. The SMILES string of the molecule is C[C](c1ccc2c(c1)NCCC2)c1cccc2c1NCCC2. The van der Waals surface area contributed by atoms with Crippen molar-refractivity contribution in [2.24, 2.45) is 0 Å². The Kier molecular flexibility index (Phi) is 3.53. The smallest absolute Gasteiger partial charge is 0.0414 e. The summed E-state index contributed by atoms with van der Waals surface area (Å²) >= 11 is 0. The lowest BCUT2D eigenvalue weighted by Gasteiger charge is -2.25. The van der Waals surface area contributed by atoms with E-state index in [1.807, 2.05) is 0 Å². The molecule has 0 atom stereocenters. The molecule has 2 nitrogen and oxygen atoms in total. The second-order valence-corrected chi connectivity index (χ2v) is 6.40. The lowest BCUT2D eigenvalue weighted by atomic mass is 9.87. The second kappa shape index (κ2) is 5.68. The summed E-state index contributed by atoms with van der Waals surface area (Å²) in [7, 11) is 0. The minimum Gasteiger partial charge on any atom is -0.385 e. The number of anilines is 2. The third-order valence-corrected chi connectivity index (χ3v) is 4.96. The van der Waals surface area contributed by atoms with Crippen LogP contribution in [-0.4, -0.2) is 13.1 Å². The van der Waals surface area contributed by atoms with Gasteiger partial charge in [0.1, 0.15) is 0 Å². The number of para-hydroxylation sites is 1. The van der Waals surface area contributed by atoms with Crippen molar-refractivity contribution < 1.29 is 0 Å². The van der Waals surface area contributed by atoms with Crippen LogP contribution in [0.3, 0.4) is 0 Å². The largest absolute Gasteiger partial charge is 0.385 e. The van der Waals surface area contributed by atoms with Gasteiger partial charge in [-0.15, -0.1) is 0 Å². The van der Waals surface area contributed by atoms with Crippen molar-refractivity contribution in [3.05, 3.63) is 64.6 Å². The molecule has 1 radical (unpaired) electrons. The highest BCUT2D eigenvalue weighted by atomic mass is 14.9. The Labute approximate surface area is 132 Å². The molecule has 0 aromatic heterocycles. The van der Waals surface area contributed by atoms with Crippen molar-refractivity contribution in [3.63, 3.8) is 0 Å². The molecule has 0 amide bonds. The Morgan fingerprint density at radius 1 is 0.909 bits per heavy atom. The highest BCUT2D eigenvalue weighted by Crippen LogP contribution is 2.35. The minimum absolute atomic E-state index is 1.09. The molecule has 2 aromatic rings. The highest BCUT2D eigenvalue weighted by Gasteiger charge is 2.19. The lowest BCUT2D eigenvalue weighted by molar-refractivity contribution is 0.825. The van der Waals surface area contributed by atoms with Crippen LogP contribution in [0.15, 0.2) is 36.4 Å². The fourth-order valence-electron chi connectivity index (χ4n) is 3.67. The maximum atomic E-state index is 3.61. The summed E-state index contributed by atoms with van der Waals surface area (Å²) in [6.45, 7) is 4.43. The predicted octanol–water partition coefficient (Wildman–Crippen LogP) is 4.39. The fraction of sp³-hybridized carbons (Fsp3) is 0.350. The number of nitrogens with one attached hydrogen (secondary N) is 2. The molecular formula is C20H23N2. The van der Waals surface area contributed by atoms with Crippen molar-refractivity contribution in [1.82, 2.24) is 0 Å². The van der Waals surface area contributed by atoms with E-state index in [4.69, 9.17) is 0 Å². The van der Waals surface area contributed by atoms with E-state index in [-0.39, 0.29) is 0 Å². The molecule has 0 aliphatic carbocycles. The second-order valence-electron chi connectivity index (χ2n) is 6.40. The van der Waals surface area contributed by atoms with Gasteiger partial charge in [0.15, 0.2) is 0 Å². The molecule has 113 valence electrons. The minimum atomic E-state index is 1.09. The summed E-state index contributed by atoms with van der Waals surface area (Å²) in [5.41, 5.74) is 8.26. The van der Waals surface area contributed by atoms with Crippen molar-refractivity contribution >= 4 is 11.4 Å². The maximum Gasteiger partial charge on any atom is 0.0414 e. The van der Waals surface area contributed by atoms with E-state index in [2.05, 4.69) is 54.0 Å². The van der Waals surface area contributed by atoms with E-state index in [1.54, 1.807) is 0 Å². The van der Waals surface area contributed by atoms with Crippen molar-refractivity contribution in [1.29, 1.82) is 0 Å². The summed E-state index contributed by atoms with van der Waals surface area (Å²) in [5.74, 6) is 1.36. The van der Waals surface area contributed by atoms with Gasteiger partial charge in [-0.2, -0.15) is 0 Å². The van der Waals surface area contributed by atoms with Crippen LogP contribution >= 0.6 is 0 Å². The molecule has 0 fully saturated rings. The van der Waals surface area contributed by atoms with Gasteiger partial charge in [-0.3, -0.25) is 0 Å². The van der Waals surface area contributed by atoms with E-state index in [1.165, 1.54) is 65.2 Å². The molecule has 2 aliphatic heterocycles. The number of benzene rings is 2. The van der Waals surface area contributed by atoms with Crippen LogP contribution in [0.5, 0.6) is 0 Å². The molecule has 2 aromatic carbocycles. The average molecular weight is 291 g/mol. The summed E-state index contributed by atoms with van der Waals surface area (Å²) in [5, 5.41) is 7.15. The molecule has 4 rings (SSSR count). The summed E-state index contributed by atoms with van der Waals surface area (Å²) in [6, 6.07) is 13.6. The number of rotatable bonds is 2. The fourth-order valence-corrected chi connectivity index (χ4v) is 3.67. The molecule has 22 heavy (non-hydrogen) atoms. The van der Waals surface area contributed by atoms with Crippen molar-refractivity contribution in [2.45, 2.75) is 32.6 Å². The van der Waals surface area contributed by atoms with Gasteiger partial charge in [0, 0.05) is 30.4 Å². The van der Waals surface area contributed by atoms with E-state index in [9.17, 15) is 0 Å². The molecule has 0 unspecified atom stereocenters. The van der Waals surface area contributed by atoms with E-state index < -0.39 is 0 Å². The van der Waals surface area contributed by atoms with Crippen LogP contribution in [0, 0.1) is 5.92 Å². The molecule has 2 heterocycles. The van der Waals surface area contributed by atoms with Crippen LogP contribution in [0.25, 0.3) is 0 Å². The predicted molar refractivity (Wildman–Crippen MR) is 93.6 cm³/mol. The Morgan fingerprint density at radius 2 is 1.73 bits per heavy atom. The molecule has 2 aliphatic rings. The summed E-state index contributed by atoms with van der Waals surface area (Å²) < 4.78 is 0. The van der Waals surface area contributed by atoms with Crippen LogP contribution < -0.4 is 10.6 Å². The van der Waals surface area contributed by atoms with Crippen molar-refractivity contribution in [2.75, 3.05) is 23.7 Å². The topological polar surface area (TPSA) is 24.1 Å². The Hall–Kier alpha value is -1.96. The van der Waals surface area contributed by atoms with Gasteiger partial charge in [0.05, 0.1) is 0 Å². The molecule has 0 spiro atoms. The zero-order valence-electron chi connectivity index (χ0n) is 13.2. The standard InChI is InChI=1S/C20H23N2/c1-14(17-10-9-15-6-3-11-21-19(15)13-17)18-8-2-5-16-7-4-12-22-20(16)18/h2,5,8-10,13,21-22H,3-4,6-7,11-12H2,1H3. The number of fused-ring (bicyclic) bond motifs is 2. The monoisotopic (exact) mass is 291 g/mol. The number of hydrogen-bond donors (Lipinski definition) is 2. The molecule has 0 saturated carbocycles. The van der Waals surface area contributed by atoms with Crippen molar-refractivity contribution in [3.8, 4) is 0 Å². The van der Waals surface area contributed by atoms with E-state index in [0.29, 0.717) is 0 Å². The van der Waals surface area contributed by atoms with Gasteiger partial charge >= 0.3 is 0 Å². The number of aryl methyl sites for hydroxylation is 2. The Morgan fingerprint density at radius 3 is 2.64 bits per heavy atom. The van der Waals surface area contributed by atoms with Crippen LogP contribution in [0.1, 0.15) is 42.0 Å². The highest BCUT2D eigenvalue weighted by molar-refractivity contribution is 5.68. The van der Waals surface area contributed by atoms with E-state index in [0.717, 1.165) is 13.1 Å². The first-order chi connectivity index (χ1) is 10.8. The molecule has 0 bridgehead atoms. The average Bonchev–Trinajstić information content (AvgIpc) is 2.60. The van der Waals surface area contributed by atoms with Crippen LogP contribution in [-0.2, 0) is 12.8 Å².